The Morgan fingerprint density at radius 2 is 1.58 bits per heavy atom. The van der Waals surface area contributed by atoms with E-state index in [0.717, 1.165) is 51.4 Å². The van der Waals surface area contributed by atoms with Gasteiger partial charge in [0.25, 0.3) is 0 Å². The molecule has 2 atom stereocenters. The van der Waals surface area contributed by atoms with Crippen LogP contribution < -0.4 is 22.2 Å². The molecule has 0 aromatic heterocycles. The van der Waals surface area contributed by atoms with Crippen LogP contribution in [0.3, 0.4) is 0 Å². The normalized spacial score (nSPS) is 29.7. The maximum Gasteiger partial charge on any atom is 0.243 e. The number of allylic oxidation sites excluding steroid dienone is 1. The molecule has 0 aromatic rings. The molecule has 0 bridgehead atoms. The monoisotopic (exact) mass is 462 g/mol. The Labute approximate surface area is 197 Å². The SMILES string of the molecule is N/C1=C\N(N)CCCCCC(=O)N2CCCC2C(=O)NC(C2CCCCC2)C(=O)NCCC1. The zero-order chi connectivity index (χ0) is 23.6. The predicted molar refractivity (Wildman–Crippen MR) is 127 cm³/mol. The molecule has 3 amide bonds. The molecule has 9 heteroatoms. The molecule has 0 spiro atoms. The summed E-state index contributed by atoms with van der Waals surface area (Å²) in [5, 5.41) is 7.66. The average Bonchev–Trinajstić information content (AvgIpc) is 3.30. The van der Waals surface area contributed by atoms with Gasteiger partial charge in [-0.1, -0.05) is 25.7 Å². The Bertz CT molecular complexity index is 706. The van der Waals surface area contributed by atoms with Gasteiger partial charge in [0.15, 0.2) is 0 Å². The summed E-state index contributed by atoms with van der Waals surface area (Å²) in [7, 11) is 0. The minimum Gasteiger partial charge on any atom is -0.401 e. The highest BCUT2D eigenvalue weighted by Crippen LogP contribution is 2.27. The third kappa shape index (κ3) is 7.62. The molecule has 0 radical (unpaired) electrons. The van der Waals surface area contributed by atoms with E-state index in [2.05, 4.69) is 10.6 Å². The predicted octanol–water partition coefficient (Wildman–Crippen LogP) is 1.49. The third-order valence-corrected chi connectivity index (χ3v) is 7.16. The van der Waals surface area contributed by atoms with E-state index in [1.165, 1.54) is 6.42 Å². The summed E-state index contributed by atoms with van der Waals surface area (Å²) in [5.74, 6) is 5.86. The van der Waals surface area contributed by atoms with Crippen molar-refractivity contribution < 1.29 is 14.4 Å². The van der Waals surface area contributed by atoms with Crippen LogP contribution in [0.2, 0.25) is 0 Å². The van der Waals surface area contributed by atoms with E-state index in [9.17, 15) is 14.4 Å². The zero-order valence-electron chi connectivity index (χ0n) is 19.9. The van der Waals surface area contributed by atoms with Gasteiger partial charge < -0.3 is 26.3 Å². The van der Waals surface area contributed by atoms with E-state index in [0.29, 0.717) is 51.0 Å². The highest BCUT2D eigenvalue weighted by atomic mass is 16.2. The first-order valence-electron chi connectivity index (χ1n) is 12.8. The Hall–Kier alpha value is -2.29. The van der Waals surface area contributed by atoms with Gasteiger partial charge in [-0.15, -0.1) is 0 Å². The number of nitrogens with zero attached hydrogens (tertiary/aromatic N) is 2. The molecule has 6 N–H and O–H groups in total. The lowest BCUT2D eigenvalue weighted by molar-refractivity contribution is -0.140. The fourth-order valence-electron chi connectivity index (χ4n) is 5.30. The number of rotatable bonds is 1. The van der Waals surface area contributed by atoms with Crippen molar-refractivity contribution >= 4 is 17.7 Å². The summed E-state index contributed by atoms with van der Waals surface area (Å²) in [6.07, 6.45) is 12.7. The lowest BCUT2D eigenvalue weighted by Crippen LogP contribution is -2.56. The van der Waals surface area contributed by atoms with Crippen LogP contribution in [0.15, 0.2) is 11.9 Å². The van der Waals surface area contributed by atoms with E-state index < -0.39 is 12.1 Å². The maximum atomic E-state index is 13.2. The number of carbonyl (C=O) groups is 3. The van der Waals surface area contributed by atoms with Gasteiger partial charge in [-0.3, -0.25) is 14.4 Å². The number of nitrogens with one attached hydrogen (secondary N) is 2. The molecular formula is C24H42N6O3. The Kier molecular flexibility index (Phi) is 9.84. The van der Waals surface area contributed by atoms with Crippen molar-refractivity contribution in [1.29, 1.82) is 0 Å². The lowest BCUT2D eigenvalue weighted by Gasteiger charge is -2.32. The van der Waals surface area contributed by atoms with Crippen LogP contribution in [-0.2, 0) is 14.4 Å². The van der Waals surface area contributed by atoms with Gasteiger partial charge in [-0.05, 0) is 57.3 Å². The molecule has 0 aromatic carbocycles. The minimum atomic E-state index is -0.551. The van der Waals surface area contributed by atoms with E-state index >= 15 is 0 Å². The molecule has 3 aliphatic rings. The molecule has 1 aliphatic carbocycles. The first-order chi connectivity index (χ1) is 16.0. The minimum absolute atomic E-state index is 0.0259. The second kappa shape index (κ2) is 12.8. The molecular weight excluding hydrogens is 420 g/mol. The smallest absolute Gasteiger partial charge is 0.243 e. The van der Waals surface area contributed by atoms with Crippen LogP contribution >= 0.6 is 0 Å². The van der Waals surface area contributed by atoms with Crippen LogP contribution in [0.4, 0.5) is 0 Å². The highest BCUT2D eigenvalue weighted by molar-refractivity contribution is 5.92. The summed E-state index contributed by atoms with van der Waals surface area (Å²) in [6.45, 7) is 1.77. The third-order valence-electron chi connectivity index (χ3n) is 7.16. The zero-order valence-corrected chi connectivity index (χ0v) is 19.9. The van der Waals surface area contributed by atoms with Crippen LogP contribution in [0.5, 0.6) is 0 Å². The number of hydrogen-bond acceptors (Lipinski definition) is 6. The second-order valence-corrected chi connectivity index (χ2v) is 9.78. The number of amides is 3. The molecule has 33 heavy (non-hydrogen) atoms. The number of fused-ring (bicyclic) bond motifs is 1. The second-order valence-electron chi connectivity index (χ2n) is 9.78. The van der Waals surface area contributed by atoms with E-state index in [1.54, 1.807) is 16.1 Å². The Balaban J connectivity index is 1.72. The molecule has 2 heterocycles. The van der Waals surface area contributed by atoms with Gasteiger partial charge >= 0.3 is 0 Å². The summed E-state index contributed by atoms with van der Waals surface area (Å²) in [5.41, 5.74) is 6.76. The van der Waals surface area contributed by atoms with Gasteiger partial charge in [0.05, 0.1) is 0 Å². The summed E-state index contributed by atoms with van der Waals surface area (Å²) < 4.78 is 0. The summed E-state index contributed by atoms with van der Waals surface area (Å²) in [6, 6.07) is -1.02. The number of hydrazine groups is 1. The van der Waals surface area contributed by atoms with Gasteiger partial charge in [0, 0.05) is 38.0 Å². The summed E-state index contributed by atoms with van der Waals surface area (Å²) >= 11 is 0. The Morgan fingerprint density at radius 3 is 2.36 bits per heavy atom. The van der Waals surface area contributed by atoms with Gasteiger partial charge in [0.2, 0.25) is 17.7 Å². The molecule has 2 aliphatic heterocycles. The van der Waals surface area contributed by atoms with Crippen LogP contribution in [0.1, 0.15) is 83.5 Å². The molecule has 9 nitrogen and oxygen atoms in total. The number of carbonyl (C=O) groups excluding carboxylic acids is 3. The van der Waals surface area contributed by atoms with Crippen molar-refractivity contribution in [2.45, 2.75) is 95.6 Å². The van der Waals surface area contributed by atoms with Crippen molar-refractivity contribution in [3.63, 3.8) is 0 Å². The number of nitrogens with two attached hydrogens (primary N) is 2. The highest BCUT2D eigenvalue weighted by Gasteiger charge is 2.37. The fourth-order valence-corrected chi connectivity index (χ4v) is 5.30. The van der Waals surface area contributed by atoms with Crippen molar-refractivity contribution in [3.8, 4) is 0 Å². The van der Waals surface area contributed by atoms with Gasteiger partial charge in [-0.25, -0.2) is 5.84 Å². The molecule has 3 rings (SSSR count). The standard InChI is InChI=1S/C24H42N6O3/c25-19-11-7-14-27-24(33)22(18-9-3-1-4-10-18)28-23(32)20-12-8-16-30(20)21(31)13-5-2-6-15-29(26)17-19/h17-18,20,22H,1-16,25-26H2,(H,27,33)(H,28,32)/b19-17-. The number of hydrogen-bond donors (Lipinski definition) is 4. The van der Waals surface area contributed by atoms with E-state index in [-0.39, 0.29) is 23.6 Å². The lowest BCUT2D eigenvalue weighted by atomic mass is 9.83. The topological polar surface area (TPSA) is 134 Å². The van der Waals surface area contributed by atoms with Crippen molar-refractivity contribution in [3.05, 3.63) is 11.9 Å². The van der Waals surface area contributed by atoms with Crippen LogP contribution in [-0.4, -0.2) is 59.3 Å². The van der Waals surface area contributed by atoms with Crippen LogP contribution in [0, 0.1) is 5.92 Å². The van der Waals surface area contributed by atoms with Gasteiger partial charge in [0.1, 0.15) is 12.1 Å². The quantitative estimate of drug-likeness (QED) is 0.436. The largest absolute Gasteiger partial charge is 0.401 e. The Morgan fingerprint density at radius 1 is 0.818 bits per heavy atom. The fraction of sp³-hybridized carbons (Fsp3) is 0.792. The average molecular weight is 463 g/mol. The maximum absolute atomic E-state index is 13.2. The summed E-state index contributed by atoms with van der Waals surface area (Å²) in [4.78, 5) is 40.9. The molecule has 2 fully saturated rings. The van der Waals surface area contributed by atoms with Crippen molar-refractivity contribution in [2.24, 2.45) is 17.5 Å². The van der Waals surface area contributed by atoms with E-state index in [1.807, 2.05) is 0 Å². The molecule has 1 saturated heterocycles. The first-order valence-corrected chi connectivity index (χ1v) is 12.8. The van der Waals surface area contributed by atoms with Crippen molar-refractivity contribution in [1.82, 2.24) is 20.5 Å². The molecule has 2 unspecified atom stereocenters. The van der Waals surface area contributed by atoms with E-state index in [4.69, 9.17) is 11.6 Å². The van der Waals surface area contributed by atoms with Crippen molar-refractivity contribution in [2.75, 3.05) is 19.6 Å². The molecule has 186 valence electrons. The van der Waals surface area contributed by atoms with Crippen LogP contribution in [0.25, 0.3) is 0 Å². The van der Waals surface area contributed by atoms with Gasteiger partial charge in [-0.2, -0.15) is 0 Å². The first kappa shape index (κ1) is 25.3. The molecule has 1 saturated carbocycles.